The number of aliphatic hydroxyl groups is 1. The lowest BCUT2D eigenvalue weighted by Gasteiger charge is -2.30. The molecule has 3 heterocycles. The van der Waals surface area contributed by atoms with Crippen LogP contribution in [-0.2, 0) is 17.8 Å². The van der Waals surface area contributed by atoms with Gasteiger partial charge in [-0.3, -0.25) is 4.79 Å². The Balaban J connectivity index is 1.41. The largest absolute Gasteiger partial charge is 0.453 e. The zero-order valence-electron chi connectivity index (χ0n) is 18.0. The molecule has 9 heteroatoms. The predicted molar refractivity (Wildman–Crippen MR) is 119 cm³/mol. The minimum atomic E-state index is -0.757. The molecule has 5 N–H and O–H groups in total. The van der Waals surface area contributed by atoms with Gasteiger partial charge in [0.1, 0.15) is 11.4 Å². The maximum atomic E-state index is 14.8. The molecule has 170 valence electrons. The number of rotatable bonds is 7. The SMILES string of the molecule is CN1CCC(NC(=O)C(N)Cc2ccc(Oc3ccnc4[nH]cc(CO)c34)c(F)c2)CC1. The molecule has 3 aromatic rings. The van der Waals surface area contributed by atoms with E-state index in [-0.39, 0.29) is 30.7 Å². The van der Waals surface area contributed by atoms with Crippen LogP contribution in [0.15, 0.2) is 36.7 Å². The van der Waals surface area contributed by atoms with Crippen LogP contribution in [0.1, 0.15) is 24.0 Å². The number of piperidine rings is 1. The van der Waals surface area contributed by atoms with Gasteiger partial charge < -0.3 is 30.8 Å². The second kappa shape index (κ2) is 9.64. The Morgan fingerprint density at radius 3 is 2.88 bits per heavy atom. The molecule has 1 fully saturated rings. The Hall–Kier alpha value is -3.01. The van der Waals surface area contributed by atoms with E-state index in [0.29, 0.717) is 27.9 Å². The molecule has 1 aliphatic heterocycles. The van der Waals surface area contributed by atoms with E-state index in [1.807, 2.05) is 0 Å². The number of carbonyl (C=O) groups is 1. The van der Waals surface area contributed by atoms with Gasteiger partial charge in [-0.2, -0.15) is 0 Å². The first kappa shape index (κ1) is 22.2. The van der Waals surface area contributed by atoms with Crippen LogP contribution in [0.5, 0.6) is 11.5 Å². The Morgan fingerprint density at radius 2 is 2.16 bits per heavy atom. The summed E-state index contributed by atoms with van der Waals surface area (Å²) in [5, 5.41) is 13.1. The summed E-state index contributed by atoms with van der Waals surface area (Å²) < 4.78 is 20.5. The fraction of sp³-hybridized carbons (Fsp3) is 0.391. The maximum Gasteiger partial charge on any atom is 0.237 e. The highest BCUT2D eigenvalue weighted by molar-refractivity contribution is 5.86. The standard InChI is InChI=1S/C23H28FN5O3/c1-29-8-5-16(6-9-29)28-23(31)18(25)11-14-2-3-19(17(24)10-14)32-20-4-7-26-22-21(20)15(13-30)12-27-22/h2-4,7,10,12,16,18,30H,5-6,8-9,11,13,25H2,1H3,(H,26,27)(H,28,31). The summed E-state index contributed by atoms with van der Waals surface area (Å²) >= 11 is 0. The zero-order valence-corrected chi connectivity index (χ0v) is 18.0. The van der Waals surface area contributed by atoms with Crippen LogP contribution in [0.4, 0.5) is 4.39 Å². The summed E-state index contributed by atoms with van der Waals surface area (Å²) in [6.45, 7) is 1.69. The van der Waals surface area contributed by atoms with Crippen LogP contribution in [0, 0.1) is 5.82 Å². The minimum absolute atomic E-state index is 0.0377. The molecule has 1 aliphatic rings. The molecule has 0 radical (unpaired) electrons. The molecule has 1 aromatic carbocycles. The van der Waals surface area contributed by atoms with Gasteiger partial charge in [0.15, 0.2) is 11.6 Å². The monoisotopic (exact) mass is 441 g/mol. The number of carbonyl (C=O) groups excluding carboxylic acids is 1. The van der Waals surface area contributed by atoms with Crippen LogP contribution >= 0.6 is 0 Å². The molecule has 0 saturated carbocycles. The molecule has 32 heavy (non-hydrogen) atoms. The van der Waals surface area contributed by atoms with Crippen LogP contribution < -0.4 is 15.8 Å². The first-order chi connectivity index (χ1) is 15.4. The van der Waals surface area contributed by atoms with E-state index in [2.05, 4.69) is 27.2 Å². The van der Waals surface area contributed by atoms with Gasteiger partial charge in [-0.15, -0.1) is 0 Å². The number of aromatic amines is 1. The van der Waals surface area contributed by atoms with Crippen molar-refractivity contribution >= 4 is 16.9 Å². The smallest absolute Gasteiger partial charge is 0.237 e. The number of nitrogens with one attached hydrogen (secondary N) is 2. The number of ether oxygens (including phenoxy) is 1. The van der Waals surface area contributed by atoms with E-state index in [0.717, 1.165) is 25.9 Å². The molecule has 1 unspecified atom stereocenters. The fourth-order valence-corrected chi connectivity index (χ4v) is 3.98. The van der Waals surface area contributed by atoms with Crippen LogP contribution in [0.3, 0.4) is 0 Å². The second-order valence-corrected chi connectivity index (χ2v) is 8.27. The van der Waals surface area contributed by atoms with Crippen molar-refractivity contribution in [2.45, 2.75) is 38.0 Å². The number of hydrogen-bond donors (Lipinski definition) is 4. The Kier molecular flexibility index (Phi) is 6.69. The third-order valence-electron chi connectivity index (χ3n) is 5.86. The number of amides is 1. The molecule has 1 atom stereocenters. The van der Waals surface area contributed by atoms with Gasteiger partial charge in [0.25, 0.3) is 0 Å². The first-order valence-corrected chi connectivity index (χ1v) is 10.7. The van der Waals surface area contributed by atoms with Crippen molar-refractivity contribution in [2.24, 2.45) is 5.73 Å². The third kappa shape index (κ3) is 4.90. The highest BCUT2D eigenvalue weighted by atomic mass is 19.1. The molecule has 4 rings (SSSR count). The number of pyridine rings is 1. The van der Waals surface area contributed by atoms with Crippen molar-refractivity contribution < 1.29 is 19.0 Å². The molecule has 0 bridgehead atoms. The summed E-state index contributed by atoms with van der Waals surface area (Å²) in [7, 11) is 2.06. The summed E-state index contributed by atoms with van der Waals surface area (Å²) in [6, 6.07) is 5.54. The van der Waals surface area contributed by atoms with Crippen molar-refractivity contribution in [3.05, 3.63) is 53.6 Å². The number of H-pyrrole nitrogens is 1. The summed E-state index contributed by atoms with van der Waals surface area (Å²) in [4.78, 5) is 21.8. The van der Waals surface area contributed by atoms with Gasteiger partial charge in [0.2, 0.25) is 5.91 Å². The molecular weight excluding hydrogens is 413 g/mol. The number of halogens is 1. The van der Waals surface area contributed by atoms with Crippen molar-refractivity contribution in [3.8, 4) is 11.5 Å². The Labute approximate surface area is 185 Å². The lowest BCUT2D eigenvalue weighted by atomic mass is 10.0. The Bertz CT molecular complexity index is 1090. The predicted octanol–water partition coefficient (Wildman–Crippen LogP) is 2.07. The van der Waals surface area contributed by atoms with E-state index in [9.17, 15) is 14.3 Å². The molecule has 1 saturated heterocycles. The molecule has 0 spiro atoms. The Morgan fingerprint density at radius 1 is 1.38 bits per heavy atom. The topological polar surface area (TPSA) is 117 Å². The number of nitrogens with zero attached hydrogens (tertiary/aromatic N) is 2. The van der Waals surface area contributed by atoms with E-state index in [4.69, 9.17) is 10.5 Å². The lowest BCUT2D eigenvalue weighted by molar-refractivity contribution is -0.123. The molecule has 2 aromatic heterocycles. The maximum absolute atomic E-state index is 14.8. The number of aromatic nitrogens is 2. The number of hydrogen-bond acceptors (Lipinski definition) is 6. The molecule has 1 amide bonds. The quantitative estimate of drug-likeness (QED) is 0.446. The second-order valence-electron chi connectivity index (χ2n) is 8.27. The van der Waals surface area contributed by atoms with Gasteiger partial charge >= 0.3 is 0 Å². The molecule has 0 aliphatic carbocycles. The summed E-state index contributed by atoms with van der Waals surface area (Å²) in [6.07, 6.45) is 5.21. The zero-order chi connectivity index (χ0) is 22.7. The van der Waals surface area contributed by atoms with Crippen molar-refractivity contribution in [1.82, 2.24) is 20.2 Å². The average Bonchev–Trinajstić information content (AvgIpc) is 3.21. The minimum Gasteiger partial charge on any atom is -0.453 e. The van der Waals surface area contributed by atoms with E-state index in [1.54, 1.807) is 24.5 Å². The number of fused-ring (bicyclic) bond motifs is 1. The normalized spacial score (nSPS) is 16.2. The van der Waals surface area contributed by atoms with E-state index >= 15 is 0 Å². The summed E-state index contributed by atoms with van der Waals surface area (Å²) in [5.41, 5.74) is 7.85. The number of benzene rings is 1. The van der Waals surface area contributed by atoms with Gasteiger partial charge in [0.05, 0.1) is 18.0 Å². The van der Waals surface area contributed by atoms with Crippen LogP contribution in [0.2, 0.25) is 0 Å². The van der Waals surface area contributed by atoms with Crippen molar-refractivity contribution in [3.63, 3.8) is 0 Å². The third-order valence-corrected chi connectivity index (χ3v) is 5.86. The van der Waals surface area contributed by atoms with E-state index < -0.39 is 11.9 Å². The van der Waals surface area contributed by atoms with Crippen molar-refractivity contribution in [1.29, 1.82) is 0 Å². The highest BCUT2D eigenvalue weighted by Crippen LogP contribution is 2.32. The van der Waals surface area contributed by atoms with E-state index in [1.165, 1.54) is 12.1 Å². The lowest BCUT2D eigenvalue weighted by Crippen LogP contribution is -2.49. The van der Waals surface area contributed by atoms with Crippen LogP contribution in [0.25, 0.3) is 11.0 Å². The average molecular weight is 442 g/mol. The van der Waals surface area contributed by atoms with Gasteiger partial charge in [-0.05, 0) is 63.2 Å². The number of likely N-dealkylation sites (tertiary alicyclic amines) is 1. The van der Waals surface area contributed by atoms with Crippen molar-refractivity contribution in [2.75, 3.05) is 20.1 Å². The van der Waals surface area contributed by atoms with Crippen LogP contribution in [-0.4, -0.2) is 58.1 Å². The fourth-order valence-electron chi connectivity index (χ4n) is 3.98. The number of aliphatic hydroxyl groups excluding tert-OH is 1. The van der Waals surface area contributed by atoms with Gasteiger partial charge in [-0.25, -0.2) is 9.37 Å². The molecular formula is C23H28FN5O3. The highest BCUT2D eigenvalue weighted by Gasteiger charge is 2.22. The number of nitrogens with two attached hydrogens (primary N) is 1. The van der Waals surface area contributed by atoms with Gasteiger partial charge in [0, 0.05) is 24.0 Å². The van der Waals surface area contributed by atoms with Gasteiger partial charge in [-0.1, -0.05) is 6.07 Å². The summed E-state index contributed by atoms with van der Waals surface area (Å²) in [5.74, 6) is -0.350. The molecule has 8 nitrogen and oxygen atoms in total. The first-order valence-electron chi connectivity index (χ1n) is 10.7.